The molecular weight excluding hydrogens is 344 g/mol. The fourth-order valence-corrected chi connectivity index (χ4v) is 2.28. The first-order chi connectivity index (χ1) is 10.6. The molecule has 0 aliphatic carbocycles. The first kappa shape index (κ1) is 16.2. The Morgan fingerprint density at radius 3 is 2.77 bits per heavy atom. The molecule has 4 nitrogen and oxygen atoms in total. The van der Waals surface area contributed by atoms with Crippen LogP contribution in [0.15, 0.2) is 52.0 Å². The Morgan fingerprint density at radius 1 is 1.27 bits per heavy atom. The number of hydrazone groups is 1. The van der Waals surface area contributed by atoms with Gasteiger partial charge in [-0.3, -0.25) is 4.79 Å². The van der Waals surface area contributed by atoms with Crippen molar-refractivity contribution in [1.29, 1.82) is 0 Å². The molecule has 22 heavy (non-hydrogen) atoms. The molecule has 0 atom stereocenters. The molecule has 0 spiro atoms. The number of amides is 1. The maximum atomic E-state index is 11.7. The minimum atomic E-state index is -0.309. The SMILES string of the molecule is Cc1ccc(C=NNC(=O)COc2ccccc2Br)c(C)c1. The van der Waals surface area contributed by atoms with Gasteiger partial charge in [0.2, 0.25) is 0 Å². The van der Waals surface area contributed by atoms with E-state index >= 15 is 0 Å². The van der Waals surface area contributed by atoms with E-state index < -0.39 is 0 Å². The van der Waals surface area contributed by atoms with Crippen molar-refractivity contribution in [2.24, 2.45) is 5.10 Å². The van der Waals surface area contributed by atoms with Gasteiger partial charge in [0.25, 0.3) is 5.91 Å². The van der Waals surface area contributed by atoms with Gasteiger partial charge in [0.15, 0.2) is 6.61 Å². The Balaban J connectivity index is 1.85. The highest BCUT2D eigenvalue weighted by atomic mass is 79.9. The lowest BCUT2D eigenvalue weighted by Crippen LogP contribution is -2.24. The molecule has 0 fully saturated rings. The first-order valence-electron chi connectivity index (χ1n) is 6.83. The van der Waals surface area contributed by atoms with E-state index in [0.717, 1.165) is 15.6 Å². The van der Waals surface area contributed by atoms with E-state index in [1.807, 2.05) is 44.2 Å². The molecule has 5 heteroatoms. The number of carbonyl (C=O) groups is 1. The highest BCUT2D eigenvalue weighted by molar-refractivity contribution is 9.10. The van der Waals surface area contributed by atoms with Crippen LogP contribution in [0, 0.1) is 13.8 Å². The molecule has 0 radical (unpaired) electrons. The van der Waals surface area contributed by atoms with Gasteiger partial charge in [-0.15, -0.1) is 0 Å². The lowest BCUT2D eigenvalue weighted by atomic mass is 10.1. The maximum Gasteiger partial charge on any atom is 0.277 e. The summed E-state index contributed by atoms with van der Waals surface area (Å²) in [6.45, 7) is 3.95. The van der Waals surface area contributed by atoms with Crippen molar-refractivity contribution in [1.82, 2.24) is 5.43 Å². The Hall–Kier alpha value is -2.14. The van der Waals surface area contributed by atoms with Crippen molar-refractivity contribution in [3.8, 4) is 5.75 Å². The number of carbonyl (C=O) groups excluding carboxylic acids is 1. The smallest absolute Gasteiger partial charge is 0.277 e. The normalized spacial score (nSPS) is 10.7. The van der Waals surface area contributed by atoms with Crippen LogP contribution in [0.25, 0.3) is 0 Å². The molecule has 0 unspecified atom stereocenters. The number of hydrogen-bond donors (Lipinski definition) is 1. The fraction of sp³-hybridized carbons (Fsp3) is 0.176. The molecule has 2 aromatic rings. The number of rotatable bonds is 5. The zero-order valence-corrected chi connectivity index (χ0v) is 14.1. The zero-order valence-electron chi connectivity index (χ0n) is 12.5. The van der Waals surface area contributed by atoms with Gasteiger partial charge in [0.1, 0.15) is 5.75 Å². The van der Waals surface area contributed by atoms with Crippen molar-refractivity contribution in [3.05, 3.63) is 63.6 Å². The topological polar surface area (TPSA) is 50.7 Å². The maximum absolute atomic E-state index is 11.7. The first-order valence-corrected chi connectivity index (χ1v) is 7.62. The molecule has 1 N–H and O–H groups in total. The van der Waals surface area contributed by atoms with Crippen LogP contribution in [0.5, 0.6) is 5.75 Å². The molecule has 2 rings (SSSR count). The summed E-state index contributed by atoms with van der Waals surface area (Å²) in [6, 6.07) is 13.4. The lowest BCUT2D eigenvalue weighted by Gasteiger charge is -2.06. The molecule has 2 aromatic carbocycles. The van der Waals surface area contributed by atoms with E-state index in [-0.39, 0.29) is 12.5 Å². The summed E-state index contributed by atoms with van der Waals surface area (Å²) in [4.78, 5) is 11.7. The zero-order chi connectivity index (χ0) is 15.9. The van der Waals surface area contributed by atoms with Gasteiger partial charge >= 0.3 is 0 Å². The minimum Gasteiger partial charge on any atom is -0.483 e. The van der Waals surface area contributed by atoms with E-state index in [9.17, 15) is 4.79 Å². The number of ether oxygens (including phenoxy) is 1. The standard InChI is InChI=1S/C17H17BrN2O2/c1-12-7-8-14(13(2)9-12)10-19-20-17(21)11-22-16-6-4-3-5-15(16)18/h3-10H,11H2,1-2H3,(H,20,21). The summed E-state index contributed by atoms with van der Waals surface area (Å²) in [5, 5.41) is 3.95. The number of benzene rings is 2. The molecule has 0 heterocycles. The molecule has 0 saturated carbocycles. The minimum absolute atomic E-state index is 0.0904. The molecule has 114 valence electrons. The predicted molar refractivity (Wildman–Crippen MR) is 91.3 cm³/mol. The van der Waals surface area contributed by atoms with E-state index in [1.165, 1.54) is 5.56 Å². The third kappa shape index (κ3) is 4.70. The summed E-state index contributed by atoms with van der Waals surface area (Å²) in [6.07, 6.45) is 1.63. The van der Waals surface area contributed by atoms with E-state index in [4.69, 9.17) is 4.74 Å². The van der Waals surface area contributed by atoms with Crippen LogP contribution in [0.4, 0.5) is 0 Å². The third-order valence-electron chi connectivity index (χ3n) is 3.01. The predicted octanol–water partition coefficient (Wildman–Crippen LogP) is 3.60. The van der Waals surface area contributed by atoms with Gasteiger partial charge in [-0.25, -0.2) is 5.43 Å². The molecule has 0 aliphatic rings. The van der Waals surface area contributed by atoms with Crippen molar-refractivity contribution in [2.45, 2.75) is 13.8 Å². The molecule has 0 aliphatic heterocycles. The van der Waals surface area contributed by atoms with Crippen molar-refractivity contribution in [3.63, 3.8) is 0 Å². The number of para-hydroxylation sites is 1. The van der Waals surface area contributed by atoms with Gasteiger partial charge in [-0.2, -0.15) is 5.10 Å². The van der Waals surface area contributed by atoms with E-state index in [1.54, 1.807) is 12.3 Å². The van der Waals surface area contributed by atoms with Gasteiger partial charge in [-0.1, -0.05) is 35.9 Å². The van der Waals surface area contributed by atoms with Crippen LogP contribution >= 0.6 is 15.9 Å². The van der Waals surface area contributed by atoms with Crippen LogP contribution in [0.1, 0.15) is 16.7 Å². The van der Waals surface area contributed by atoms with Crippen LogP contribution in [0.2, 0.25) is 0 Å². The highest BCUT2D eigenvalue weighted by Crippen LogP contribution is 2.23. The Morgan fingerprint density at radius 2 is 2.05 bits per heavy atom. The van der Waals surface area contributed by atoms with Crippen LogP contribution in [-0.2, 0) is 4.79 Å². The van der Waals surface area contributed by atoms with Crippen molar-refractivity contribution < 1.29 is 9.53 Å². The summed E-state index contributed by atoms with van der Waals surface area (Å²) < 4.78 is 6.22. The molecular formula is C17H17BrN2O2. The van der Waals surface area contributed by atoms with Crippen molar-refractivity contribution in [2.75, 3.05) is 6.61 Å². The summed E-state index contributed by atoms with van der Waals surface area (Å²) in [5.74, 6) is 0.313. The Kier molecular flexibility index (Phi) is 5.72. The van der Waals surface area contributed by atoms with E-state index in [2.05, 4.69) is 32.5 Å². The largest absolute Gasteiger partial charge is 0.483 e. The quantitative estimate of drug-likeness (QED) is 0.654. The van der Waals surface area contributed by atoms with Gasteiger partial charge in [-0.05, 0) is 53.0 Å². The molecule has 0 saturated heterocycles. The number of nitrogens with zero attached hydrogens (tertiary/aromatic N) is 1. The van der Waals surface area contributed by atoms with Gasteiger partial charge in [0.05, 0.1) is 10.7 Å². The van der Waals surface area contributed by atoms with E-state index in [0.29, 0.717) is 5.75 Å². The van der Waals surface area contributed by atoms with Crippen molar-refractivity contribution >= 4 is 28.1 Å². The number of hydrogen-bond acceptors (Lipinski definition) is 3. The lowest BCUT2D eigenvalue weighted by molar-refractivity contribution is -0.123. The Bertz CT molecular complexity index is 699. The van der Waals surface area contributed by atoms with Gasteiger partial charge in [0, 0.05) is 0 Å². The van der Waals surface area contributed by atoms with Gasteiger partial charge < -0.3 is 4.74 Å². The number of halogens is 1. The number of aryl methyl sites for hydroxylation is 2. The number of nitrogens with one attached hydrogen (secondary N) is 1. The molecule has 0 bridgehead atoms. The average Bonchev–Trinajstić information content (AvgIpc) is 2.49. The Labute approximate surface area is 138 Å². The van der Waals surface area contributed by atoms with Crippen LogP contribution in [0.3, 0.4) is 0 Å². The van der Waals surface area contributed by atoms with Crippen LogP contribution in [-0.4, -0.2) is 18.7 Å². The second kappa shape index (κ2) is 7.75. The molecule has 0 aromatic heterocycles. The molecule has 1 amide bonds. The summed E-state index contributed by atoms with van der Waals surface area (Å²) in [7, 11) is 0. The second-order valence-corrected chi connectivity index (χ2v) is 5.73. The second-order valence-electron chi connectivity index (χ2n) is 4.87. The fourth-order valence-electron chi connectivity index (χ4n) is 1.88. The summed E-state index contributed by atoms with van der Waals surface area (Å²) >= 11 is 3.36. The third-order valence-corrected chi connectivity index (χ3v) is 3.67. The average molecular weight is 361 g/mol. The monoisotopic (exact) mass is 360 g/mol. The highest BCUT2D eigenvalue weighted by Gasteiger charge is 2.04. The summed E-state index contributed by atoms with van der Waals surface area (Å²) in [5.41, 5.74) is 5.73. The van der Waals surface area contributed by atoms with Crippen LogP contribution < -0.4 is 10.2 Å².